The molecule has 1 N–H and O–H groups in total. The van der Waals surface area contributed by atoms with Crippen molar-refractivity contribution in [2.45, 2.75) is 52.1 Å². The van der Waals surface area contributed by atoms with E-state index in [1.165, 1.54) is 0 Å². The molecule has 1 saturated heterocycles. The van der Waals surface area contributed by atoms with Crippen LogP contribution in [-0.4, -0.2) is 82.9 Å². The third kappa shape index (κ3) is 5.82. The predicted molar refractivity (Wildman–Crippen MR) is 200 cm³/mol. The van der Waals surface area contributed by atoms with Crippen molar-refractivity contribution in [1.29, 1.82) is 0 Å². The zero-order chi connectivity index (χ0) is 37.1. The summed E-state index contributed by atoms with van der Waals surface area (Å²) in [7, 11) is 1.65. The molecule has 0 radical (unpaired) electrons. The van der Waals surface area contributed by atoms with Crippen LogP contribution in [0.15, 0.2) is 72.0 Å². The van der Waals surface area contributed by atoms with Gasteiger partial charge in [-0.1, -0.05) is 0 Å². The number of fused-ring (bicyclic) bond motifs is 3. The number of nitrogens with zero attached hydrogens (tertiary/aromatic N) is 8. The summed E-state index contributed by atoms with van der Waals surface area (Å²) < 4.78 is 32.3. The fourth-order valence-electron chi connectivity index (χ4n) is 7.89. The highest BCUT2D eigenvalue weighted by Gasteiger charge is 2.31. The molecule has 2 aliphatic rings. The van der Waals surface area contributed by atoms with Gasteiger partial charge in [0.05, 0.1) is 48.5 Å². The van der Waals surface area contributed by atoms with Crippen molar-refractivity contribution >= 4 is 27.8 Å². The Morgan fingerprint density at radius 1 is 1.00 bits per heavy atom. The molecule has 54 heavy (non-hydrogen) atoms. The number of carbonyl (C=O) groups excluding carboxylic acids is 1. The van der Waals surface area contributed by atoms with Gasteiger partial charge in [-0.15, -0.1) is 0 Å². The molecular weight excluding hydrogens is 689 g/mol. The summed E-state index contributed by atoms with van der Waals surface area (Å²) >= 11 is 0. The number of carbonyl (C=O) groups is 1. The number of ether oxygens (including phenoxy) is 2. The molecule has 1 fully saturated rings. The molecule has 0 aliphatic carbocycles. The number of nitrogens with one attached hydrogen (secondary N) is 1. The molecule has 0 bridgehead atoms. The van der Waals surface area contributed by atoms with Crippen LogP contribution in [-0.2, 0) is 29.0 Å². The standard InChI is InChI=1S/C40H40FN9O4/c1-24-16-31(17-25(2)36(24)41)50-38(48-11-10-47(40(48)52)30-4-5-35-29(19-30)22-43-49(35)12-15-53-3)32-23-46(9-6-33(32)45-50)39(51)34-20-27-18-28(21-42-37(27)44-34)26-7-13-54-14-8-26/h4-5,10-11,16-22,26H,6-9,12-15,23H2,1-3H3,(H,42,44). The summed E-state index contributed by atoms with van der Waals surface area (Å²) in [6.45, 7) is 6.72. The van der Waals surface area contributed by atoms with Gasteiger partial charge in [-0.25, -0.2) is 18.9 Å². The van der Waals surface area contributed by atoms with Crippen molar-refractivity contribution in [3.05, 3.63) is 117 Å². The van der Waals surface area contributed by atoms with Gasteiger partial charge in [-0.3, -0.25) is 18.6 Å². The Morgan fingerprint density at radius 2 is 1.80 bits per heavy atom. The van der Waals surface area contributed by atoms with Crippen molar-refractivity contribution in [2.24, 2.45) is 0 Å². The zero-order valence-electron chi connectivity index (χ0n) is 30.4. The topological polar surface area (TPSA) is 130 Å². The van der Waals surface area contributed by atoms with Crippen molar-refractivity contribution in [3.8, 4) is 17.2 Å². The molecule has 14 heteroatoms. The highest BCUT2D eigenvalue weighted by molar-refractivity contribution is 5.97. The van der Waals surface area contributed by atoms with E-state index in [9.17, 15) is 14.0 Å². The molecule has 2 aliphatic heterocycles. The number of imidazole rings is 1. The van der Waals surface area contributed by atoms with E-state index in [4.69, 9.17) is 14.6 Å². The van der Waals surface area contributed by atoms with E-state index in [2.05, 4.69) is 21.1 Å². The second kappa shape index (κ2) is 13.5. The van der Waals surface area contributed by atoms with Crippen LogP contribution in [0, 0.1) is 19.7 Å². The van der Waals surface area contributed by atoms with Gasteiger partial charge in [0.25, 0.3) is 5.91 Å². The molecule has 0 spiro atoms. The molecule has 0 saturated carbocycles. The maximum Gasteiger partial charge on any atom is 0.338 e. The lowest BCUT2D eigenvalue weighted by Gasteiger charge is -2.26. The zero-order valence-corrected chi connectivity index (χ0v) is 30.4. The third-order valence-electron chi connectivity index (χ3n) is 10.8. The molecule has 5 aromatic heterocycles. The maximum atomic E-state index is 14.8. The minimum atomic E-state index is -0.314. The van der Waals surface area contributed by atoms with E-state index in [1.807, 2.05) is 35.1 Å². The van der Waals surface area contributed by atoms with Gasteiger partial charge in [-0.05, 0) is 91.8 Å². The number of methoxy groups -OCH3 is 1. The molecular formula is C40H40FN9O4. The summed E-state index contributed by atoms with van der Waals surface area (Å²) in [5.74, 6) is 0.443. The van der Waals surface area contributed by atoms with Crippen LogP contribution < -0.4 is 5.69 Å². The number of aryl methyl sites for hydroxylation is 2. The fraction of sp³-hybridized carbons (Fsp3) is 0.325. The van der Waals surface area contributed by atoms with E-state index in [1.54, 1.807) is 70.4 Å². The smallest absolute Gasteiger partial charge is 0.338 e. The van der Waals surface area contributed by atoms with E-state index >= 15 is 0 Å². The Morgan fingerprint density at radius 3 is 2.59 bits per heavy atom. The molecule has 0 unspecified atom stereocenters. The lowest BCUT2D eigenvalue weighted by molar-refractivity contribution is 0.0729. The van der Waals surface area contributed by atoms with Crippen LogP contribution in [0.25, 0.3) is 39.1 Å². The summed E-state index contributed by atoms with van der Waals surface area (Å²) in [6, 6.07) is 13.2. The Balaban J connectivity index is 1.09. The number of pyridine rings is 1. The highest BCUT2D eigenvalue weighted by atomic mass is 19.1. The second-order valence-electron chi connectivity index (χ2n) is 14.2. The number of hydrogen-bond acceptors (Lipinski definition) is 7. The summed E-state index contributed by atoms with van der Waals surface area (Å²) in [5.41, 5.74) is 6.66. The van der Waals surface area contributed by atoms with Gasteiger partial charge < -0.3 is 19.4 Å². The van der Waals surface area contributed by atoms with Crippen LogP contribution in [0.3, 0.4) is 0 Å². The number of H-pyrrole nitrogens is 1. The Labute approximate surface area is 309 Å². The first-order valence-electron chi connectivity index (χ1n) is 18.3. The van der Waals surface area contributed by atoms with Crippen LogP contribution in [0.5, 0.6) is 0 Å². The number of benzene rings is 2. The molecule has 7 aromatic rings. The minimum Gasteiger partial charge on any atom is -0.383 e. The molecule has 2 aromatic carbocycles. The van der Waals surface area contributed by atoms with E-state index in [0.717, 1.165) is 59.2 Å². The van der Waals surface area contributed by atoms with Gasteiger partial charge >= 0.3 is 5.69 Å². The number of halogens is 1. The summed E-state index contributed by atoms with van der Waals surface area (Å²) in [6.07, 6.45) is 9.50. The second-order valence-corrected chi connectivity index (χ2v) is 14.2. The summed E-state index contributed by atoms with van der Waals surface area (Å²) in [5, 5.41) is 11.3. The monoisotopic (exact) mass is 729 g/mol. The van der Waals surface area contributed by atoms with Gasteiger partial charge in [0.2, 0.25) is 0 Å². The molecule has 9 rings (SSSR count). The molecule has 0 atom stereocenters. The number of hydrogen-bond donors (Lipinski definition) is 1. The van der Waals surface area contributed by atoms with Crippen molar-refractivity contribution in [3.63, 3.8) is 0 Å². The predicted octanol–water partition coefficient (Wildman–Crippen LogP) is 5.53. The lowest BCUT2D eigenvalue weighted by Crippen LogP contribution is -2.36. The number of rotatable bonds is 8. The van der Waals surface area contributed by atoms with E-state index in [0.29, 0.717) is 71.7 Å². The van der Waals surface area contributed by atoms with Crippen LogP contribution in [0.2, 0.25) is 0 Å². The van der Waals surface area contributed by atoms with Crippen LogP contribution in [0.4, 0.5) is 4.39 Å². The SMILES string of the molecule is COCCn1ncc2cc(-n3ccn(-c4c5c(nn4-c4cc(C)c(F)c(C)c4)CCN(C(=O)c4cc6cc(C7CCOCC7)cnc6[nH]4)C5)c3=O)ccc21. The molecule has 1 amide bonds. The average molecular weight is 730 g/mol. The van der Waals surface area contributed by atoms with Gasteiger partial charge in [0.1, 0.15) is 23.0 Å². The lowest BCUT2D eigenvalue weighted by atomic mass is 9.92. The Kier molecular flexibility index (Phi) is 8.50. The van der Waals surface area contributed by atoms with Crippen molar-refractivity contribution in [1.82, 2.24) is 43.6 Å². The first kappa shape index (κ1) is 33.9. The number of amides is 1. The number of aromatic amines is 1. The maximum absolute atomic E-state index is 14.8. The quantitative estimate of drug-likeness (QED) is 0.218. The van der Waals surface area contributed by atoms with Gasteiger partial charge in [0, 0.05) is 68.2 Å². The third-order valence-corrected chi connectivity index (χ3v) is 10.8. The minimum absolute atomic E-state index is 0.164. The van der Waals surface area contributed by atoms with Gasteiger partial charge in [0.15, 0.2) is 0 Å². The van der Waals surface area contributed by atoms with Crippen molar-refractivity contribution < 1.29 is 18.7 Å². The van der Waals surface area contributed by atoms with E-state index in [-0.39, 0.29) is 24.0 Å². The van der Waals surface area contributed by atoms with Crippen LogP contribution in [0.1, 0.15) is 57.2 Å². The Bertz CT molecular complexity index is 2600. The largest absolute Gasteiger partial charge is 0.383 e. The van der Waals surface area contributed by atoms with Gasteiger partial charge in [-0.2, -0.15) is 10.2 Å². The average Bonchev–Trinajstić information content (AvgIpc) is 3.98. The first-order valence-corrected chi connectivity index (χ1v) is 18.3. The molecule has 7 heterocycles. The molecule has 276 valence electrons. The Hall–Kier alpha value is -5.86. The van der Waals surface area contributed by atoms with E-state index < -0.39 is 0 Å². The highest BCUT2D eigenvalue weighted by Crippen LogP contribution is 2.32. The van der Waals surface area contributed by atoms with Crippen molar-refractivity contribution in [2.75, 3.05) is 33.5 Å². The fourth-order valence-corrected chi connectivity index (χ4v) is 7.89. The summed E-state index contributed by atoms with van der Waals surface area (Å²) in [4.78, 5) is 38.2. The number of aromatic nitrogens is 8. The normalized spacial score (nSPS) is 15.1. The first-order chi connectivity index (χ1) is 26.3. The van der Waals surface area contributed by atoms with Crippen LogP contribution >= 0.6 is 0 Å². The molecule has 13 nitrogen and oxygen atoms in total.